The third kappa shape index (κ3) is 5.35. The summed E-state index contributed by atoms with van der Waals surface area (Å²) in [6.45, 7) is 4.48. The fourth-order valence-electron chi connectivity index (χ4n) is 3.31. The number of thioether (sulfide) groups is 1. The average molecular weight is 478 g/mol. The molecule has 6 nitrogen and oxygen atoms in total. The molecule has 0 unspecified atom stereocenters. The smallest absolute Gasteiger partial charge is 0.263 e. The minimum atomic E-state index is -0.140. The average Bonchev–Trinajstić information content (AvgIpc) is 3.28. The lowest BCUT2D eigenvalue weighted by Crippen LogP contribution is -2.26. The van der Waals surface area contributed by atoms with Crippen molar-refractivity contribution >= 4 is 39.2 Å². The van der Waals surface area contributed by atoms with Crippen LogP contribution in [0.15, 0.2) is 83.3 Å². The Balaban J connectivity index is 1.52. The Morgan fingerprint density at radius 1 is 1.21 bits per heavy atom. The maximum Gasteiger partial charge on any atom is 0.263 e. The van der Waals surface area contributed by atoms with Crippen LogP contribution in [0.1, 0.15) is 5.56 Å². The van der Waals surface area contributed by atoms with E-state index in [1.54, 1.807) is 17.8 Å². The number of methoxy groups -OCH3 is 1. The van der Waals surface area contributed by atoms with E-state index in [0.717, 1.165) is 21.8 Å². The first-order chi connectivity index (χ1) is 16.1. The van der Waals surface area contributed by atoms with Gasteiger partial charge in [0.05, 0.1) is 18.2 Å². The van der Waals surface area contributed by atoms with Crippen LogP contribution in [0.5, 0.6) is 5.75 Å². The molecule has 2 aromatic carbocycles. The Morgan fingerprint density at radius 3 is 2.79 bits per heavy atom. The number of amides is 1. The second-order valence-corrected chi connectivity index (χ2v) is 9.18. The summed E-state index contributed by atoms with van der Waals surface area (Å²) in [5, 5.41) is 3.98. The summed E-state index contributed by atoms with van der Waals surface area (Å²) in [5.74, 6) is 0.752. The van der Waals surface area contributed by atoms with Crippen molar-refractivity contribution < 1.29 is 9.53 Å². The Morgan fingerprint density at radius 2 is 2.03 bits per heavy atom. The van der Waals surface area contributed by atoms with E-state index < -0.39 is 0 Å². The number of carbonyl (C=O) groups is 1. The summed E-state index contributed by atoms with van der Waals surface area (Å²) in [4.78, 5) is 32.0. The minimum absolute atomic E-state index is 0.127. The zero-order valence-corrected chi connectivity index (χ0v) is 19.7. The fourth-order valence-corrected chi connectivity index (χ4v) is 5.22. The molecule has 8 heteroatoms. The Bertz CT molecular complexity index is 1350. The van der Waals surface area contributed by atoms with Gasteiger partial charge in [-0.1, -0.05) is 60.3 Å². The molecule has 0 fully saturated rings. The number of thiophene rings is 1. The number of hydrogen-bond acceptors (Lipinski definition) is 6. The van der Waals surface area contributed by atoms with Gasteiger partial charge in [0.15, 0.2) is 5.16 Å². The molecule has 4 rings (SSSR count). The number of aromatic nitrogens is 2. The number of rotatable bonds is 9. The second-order valence-electron chi connectivity index (χ2n) is 7.21. The first kappa shape index (κ1) is 22.8. The van der Waals surface area contributed by atoms with Crippen LogP contribution < -0.4 is 15.6 Å². The molecule has 1 amide bonds. The van der Waals surface area contributed by atoms with Gasteiger partial charge in [0, 0.05) is 18.0 Å². The number of allylic oxidation sites excluding steroid dienone is 1. The molecular weight excluding hydrogens is 454 g/mol. The fraction of sp³-hybridized carbons (Fsp3) is 0.160. The maximum absolute atomic E-state index is 13.2. The lowest BCUT2D eigenvalue weighted by Gasteiger charge is -2.10. The molecule has 2 heterocycles. The third-order valence-corrected chi connectivity index (χ3v) is 7.00. The predicted octanol–water partition coefficient (Wildman–Crippen LogP) is 4.73. The lowest BCUT2D eigenvalue weighted by molar-refractivity contribution is -0.118. The Labute approximate surface area is 199 Å². The van der Waals surface area contributed by atoms with Gasteiger partial charge in [0.25, 0.3) is 5.56 Å². The topological polar surface area (TPSA) is 73.2 Å². The zero-order valence-electron chi connectivity index (χ0n) is 18.1. The van der Waals surface area contributed by atoms with Crippen molar-refractivity contribution in [2.45, 2.75) is 18.2 Å². The van der Waals surface area contributed by atoms with E-state index >= 15 is 0 Å². The molecular formula is C25H23N3O3S2. The van der Waals surface area contributed by atoms with Crippen LogP contribution in [0.3, 0.4) is 0 Å². The van der Waals surface area contributed by atoms with Gasteiger partial charge in [-0.2, -0.15) is 0 Å². The van der Waals surface area contributed by atoms with Crippen LogP contribution in [0.4, 0.5) is 0 Å². The summed E-state index contributed by atoms with van der Waals surface area (Å²) >= 11 is 2.72. The van der Waals surface area contributed by atoms with E-state index in [1.165, 1.54) is 23.1 Å². The molecule has 1 N–H and O–H groups in total. The van der Waals surface area contributed by atoms with Crippen LogP contribution in [0, 0.1) is 0 Å². The summed E-state index contributed by atoms with van der Waals surface area (Å²) in [5.41, 5.74) is 1.86. The van der Waals surface area contributed by atoms with E-state index in [4.69, 9.17) is 9.72 Å². The highest BCUT2D eigenvalue weighted by atomic mass is 32.2. The van der Waals surface area contributed by atoms with Crippen molar-refractivity contribution in [3.8, 4) is 16.2 Å². The van der Waals surface area contributed by atoms with Crippen LogP contribution >= 0.6 is 23.1 Å². The molecule has 0 saturated carbocycles. The Hall–Kier alpha value is -3.36. The molecule has 33 heavy (non-hydrogen) atoms. The molecule has 0 saturated heterocycles. The Kier molecular flexibility index (Phi) is 7.26. The molecule has 0 bridgehead atoms. The molecule has 0 radical (unpaired) electrons. The van der Waals surface area contributed by atoms with E-state index in [1.807, 2.05) is 60.7 Å². The minimum Gasteiger partial charge on any atom is -0.497 e. The number of benzene rings is 2. The highest BCUT2D eigenvalue weighted by Gasteiger charge is 2.16. The molecule has 4 aromatic rings. The number of fused-ring (bicyclic) bond motifs is 1. The van der Waals surface area contributed by atoms with Crippen LogP contribution in [0.2, 0.25) is 0 Å². The monoisotopic (exact) mass is 477 g/mol. The van der Waals surface area contributed by atoms with Crippen molar-refractivity contribution in [3.05, 3.63) is 89.2 Å². The molecule has 2 aromatic heterocycles. The van der Waals surface area contributed by atoms with Crippen molar-refractivity contribution in [3.63, 3.8) is 0 Å². The zero-order chi connectivity index (χ0) is 23.2. The second kappa shape index (κ2) is 10.5. The summed E-state index contributed by atoms with van der Waals surface area (Å²) in [6, 6.07) is 19.3. The van der Waals surface area contributed by atoms with E-state index in [9.17, 15) is 9.59 Å². The predicted molar refractivity (Wildman–Crippen MR) is 135 cm³/mol. The van der Waals surface area contributed by atoms with Gasteiger partial charge in [-0.15, -0.1) is 17.9 Å². The van der Waals surface area contributed by atoms with Crippen molar-refractivity contribution in [1.82, 2.24) is 14.9 Å². The van der Waals surface area contributed by atoms with E-state index in [0.29, 0.717) is 28.5 Å². The summed E-state index contributed by atoms with van der Waals surface area (Å²) in [6.07, 6.45) is 1.66. The van der Waals surface area contributed by atoms with E-state index in [2.05, 4.69) is 11.9 Å². The van der Waals surface area contributed by atoms with Gasteiger partial charge in [0.1, 0.15) is 10.6 Å². The van der Waals surface area contributed by atoms with Crippen molar-refractivity contribution in [1.29, 1.82) is 0 Å². The molecule has 168 valence electrons. The number of nitrogens with one attached hydrogen (secondary N) is 1. The number of ether oxygens (including phenoxy) is 1. The normalized spacial score (nSPS) is 10.8. The van der Waals surface area contributed by atoms with Crippen molar-refractivity contribution in [2.24, 2.45) is 0 Å². The molecule has 0 aliphatic rings. The molecule has 0 spiro atoms. The van der Waals surface area contributed by atoms with Crippen LogP contribution in [-0.4, -0.2) is 28.3 Å². The number of nitrogens with zero attached hydrogens (tertiary/aromatic N) is 2. The number of carbonyl (C=O) groups excluding carboxylic acids is 1. The van der Waals surface area contributed by atoms with Gasteiger partial charge in [-0.25, -0.2) is 4.98 Å². The summed E-state index contributed by atoms with van der Waals surface area (Å²) < 4.78 is 6.78. The SMILES string of the molecule is C=CCn1c(SCC(=O)NCc2cccc(OC)c2)nc2sc(-c3ccccc3)cc2c1=O. The first-order valence-electron chi connectivity index (χ1n) is 10.3. The molecule has 0 aliphatic heterocycles. The quantitative estimate of drug-likeness (QED) is 0.214. The van der Waals surface area contributed by atoms with Gasteiger partial charge in [-0.05, 0) is 29.3 Å². The van der Waals surface area contributed by atoms with E-state index in [-0.39, 0.29) is 17.2 Å². The molecule has 0 atom stereocenters. The largest absolute Gasteiger partial charge is 0.497 e. The standard InChI is InChI=1S/C25H23N3O3S2/c1-3-12-28-24(30)20-14-21(18-9-5-4-6-10-18)33-23(20)27-25(28)32-16-22(29)26-15-17-8-7-11-19(13-17)31-2/h3-11,13-14H,1,12,15-16H2,2H3,(H,26,29). The van der Waals surface area contributed by atoms with Gasteiger partial charge >= 0.3 is 0 Å². The molecule has 0 aliphatic carbocycles. The number of hydrogen-bond donors (Lipinski definition) is 1. The maximum atomic E-state index is 13.2. The van der Waals surface area contributed by atoms with Crippen LogP contribution in [0.25, 0.3) is 20.7 Å². The van der Waals surface area contributed by atoms with Gasteiger partial charge in [-0.3, -0.25) is 14.2 Å². The lowest BCUT2D eigenvalue weighted by atomic mass is 10.2. The van der Waals surface area contributed by atoms with Crippen molar-refractivity contribution in [2.75, 3.05) is 12.9 Å². The first-order valence-corrected chi connectivity index (χ1v) is 12.1. The van der Waals surface area contributed by atoms with Gasteiger partial charge in [0.2, 0.25) is 5.91 Å². The third-order valence-electron chi connectivity index (χ3n) is 4.94. The van der Waals surface area contributed by atoms with Crippen LogP contribution in [-0.2, 0) is 17.9 Å². The highest BCUT2D eigenvalue weighted by Crippen LogP contribution is 2.32. The summed E-state index contributed by atoms with van der Waals surface area (Å²) in [7, 11) is 1.61. The van der Waals surface area contributed by atoms with Gasteiger partial charge < -0.3 is 10.1 Å². The highest BCUT2D eigenvalue weighted by molar-refractivity contribution is 7.99.